The predicted molar refractivity (Wildman–Crippen MR) is 54.8 cm³/mol. The Labute approximate surface area is 81.9 Å². The van der Waals surface area contributed by atoms with Crippen molar-refractivity contribution in [2.45, 2.75) is 20.8 Å². The number of rotatable bonds is 2. The minimum absolute atomic E-state index is 0.719. The van der Waals surface area contributed by atoms with Gasteiger partial charge in [0.25, 0.3) is 0 Å². The van der Waals surface area contributed by atoms with Crippen molar-refractivity contribution in [3.05, 3.63) is 27.7 Å². The van der Waals surface area contributed by atoms with Crippen molar-refractivity contribution in [3.8, 4) is 5.75 Å². The maximum Gasteiger partial charge on any atom is 0.123 e. The first-order valence-corrected chi connectivity index (χ1v) is 4.84. The van der Waals surface area contributed by atoms with Crippen LogP contribution >= 0.6 is 15.9 Å². The van der Waals surface area contributed by atoms with Crippen molar-refractivity contribution in [2.75, 3.05) is 6.61 Å². The van der Waals surface area contributed by atoms with E-state index in [1.165, 1.54) is 11.1 Å². The highest BCUT2D eigenvalue weighted by molar-refractivity contribution is 9.10. The van der Waals surface area contributed by atoms with Crippen LogP contribution in [0.2, 0.25) is 0 Å². The Morgan fingerprint density at radius 1 is 1.25 bits per heavy atom. The Hall–Kier alpha value is -0.500. The standard InChI is InChI=1S/C10H13BrO/c1-4-12-10-6-9(11)7(2)5-8(10)3/h5-6H,4H2,1-3H3. The maximum atomic E-state index is 5.44. The van der Waals surface area contributed by atoms with Crippen molar-refractivity contribution in [2.24, 2.45) is 0 Å². The summed E-state index contributed by atoms with van der Waals surface area (Å²) in [5.74, 6) is 0.968. The summed E-state index contributed by atoms with van der Waals surface area (Å²) in [4.78, 5) is 0. The third kappa shape index (κ3) is 2.01. The molecule has 0 aliphatic carbocycles. The Kier molecular flexibility index (Phi) is 3.15. The summed E-state index contributed by atoms with van der Waals surface area (Å²) in [6, 6.07) is 4.14. The van der Waals surface area contributed by atoms with E-state index in [2.05, 4.69) is 35.8 Å². The second kappa shape index (κ2) is 3.94. The summed E-state index contributed by atoms with van der Waals surface area (Å²) in [7, 11) is 0. The van der Waals surface area contributed by atoms with Crippen LogP contribution in [0.1, 0.15) is 18.1 Å². The third-order valence-corrected chi connectivity index (χ3v) is 2.61. The smallest absolute Gasteiger partial charge is 0.123 e. The molecule has 2 heteroatoms. The normalized spacial score (nSPS) is 10.0. The van der Waals surface area contributed by atoms with Crippen molar-refractivity contribution >= 4 is 15.9 Å². The Balaban J connectivity index is 3.05. The highest BCUT2D eigenvalue weighted by Crippen LogP contribution is 2.26. The zero-order chi connectivity index (χ0) is 9.14. The van der Waals surface area contributed by atoms with Crippen LogP contribution in [0.3, 0.4) is 0 Å². The van der Waals surface area contributed by atoms with Crippen LogP contribution in [0, 0.1) is 13.8 Å². The Morgan fingerprint density at radius 2 is 1.92 bits per heavy atom. The van der Waals surface area contributed by atoms with Gasteiger partial charge in [0.05, 0.1) is 6.61 Å². The molecule has 0 saturated carbocycles. The van der Waals surface area contributed by atoms with Crippen molar-refractivity contribution in [3.63, 3.8) is 0 Å². The topological polar surface area (TPSA) is 9.23 Å². The van der Waals surface area contributed by atoms with Gasteiger partial charge in [-0.05, 0) is 38.0 Å². The van der Waals surface area contributed by atoms with Crippen LogP contribution in [-0.4, -0.2) is 6.61 Å². The van der Waals surface area contributed by atoms with Crippen LogP contribution in [0.5, 0.6) is 5.75 Å². The van der Waals surface area contributed by atoms with E-state index in [0.717, 1.165) is 16.8 Å². The van der Waals surface area contributed by atoms with Crippen molar-refractivity contribution in [1.82, 2.24) is 0 Å². The average Bonchev–Trinajstić information content (AvgIpc) is 2.01. The molecular formula is C10H13BrO. The molecule has 1 nitrogen and oxygen atoms in total. The molecule has 0 radical (unpaired) electrons. The summed E-state index contributed by atoms with van der Waals surface area (Å²) >= 11 is 3.47. The van der Waals surface area contributed by atoms with Gasteiger partial charge in [-0.15, -0.1) is 0 Å². The first-order valence-electron chi connectivity index (χ1n) is 4.04. The third-order valence-electron chi connectivity index (χ3n) is 1.76. The molecule has 0 atom stereocenters. The van der Waals surface area contributed by atoms with E-state index in [-0.39, 0.29) is 0 Å². The number of hydrogen-bond acceptors (Lipinski definition) is 1. The number of ether oxygens (including phenoxy) is 1. The second-order valence-corrected chi connectivity index (χ2v) is 3.65. The highest BCUT2D eigenvalue weighted by atomic mass is 79.9. The van der Waals surface area contributed by atoms with Gasteiger partial charge in [0.1, 0.15) is 5.75 Å². The lowest BCUT2D eigenvalue weighted by Crippen LogP contribution is -1.94. The van der Waals surface area contributed by atoms with Crippen LogP contribution in [0.25, 0.3) is 0 Å². The molecule has 0 N–H and O–H groups in total. The van der Waals surface area contributed by atoms with Crippen LogP contribution < -0.4 is 4.74 Å². The Bertz CT molecular complexity index is 281. The molecule has 0 amide bonds. The van der Waals surface area contributed by atoms with Gasteiger partial charge in [-0.2, -0.15) is 0 Å². The highest BCUT2D eigenvalue weighted by Gasteiger charge is 2.02. The molecule has 1 aromatic rings. The van der Waals surface area contributed by atoms with Crippen LogP contribution in [0.15, 0.2) is 16.6 Å². The van der Waals surface area contributed by atoms with Crippen molar-refractivity contribution in [1.29, 1.82) is 0 Å². The fourth-order valence-electron chi connectivity index (χ4n) is 1.12. The molecule has 0 unspecified atom stereocenters. The van der Waals surface area contributed by atoms with Gasteiger partial charge < -0.3 is 4.74 Å². The summed E-state index contributed by atoms with van der Waals surface area (Å²) in [5, 5.41) is 0. The van der Waals surface area contributed by atoms with Gasteiger partial charge in [-0.25, -0.2) is 0 Å². The summed E-state index contributed by atoms with van der Waals surface area (Å²) in [5.41, 5.74) is 2.44. The zero-order valence-corrected chi connectivity index (χ0v) is 9.23. The van der Waals surface area contributed by atoms with E-state index >= 15 is 0 Å². The molecule has 0 fully saturated rings. The molecular weight excluding hydrogens is 216 g/mol. The predicted octanol–water partition coefficient (Wildman–Crippen LogP) is 3.46. The molecule has 1 aromatic carbocycles. The number of aryl methyl sites for hydroxylation is 2. The van der Waals surface area contributed by atoms with E-state index < -0.39 is 0 Å². The lowest BCUT2D eigenvalue weighted by atomic mass is 10.1. The number of benzene rings is 1. The van der Waals surface area contributed by atoms with Crippen LogP contribution in [0.4, 0.5) is 0 Å². The van der Waals surface area contributed by atoms with Gasteiger partial charge in [0.2, 0.25) is 0 Å². The minimum atomic E-state index is 0.719. The van der Waals surface area contributed by atoms with Gasteiger partial charge in [-0.3, -0.25) is 0 Å². The van der Waals surface area contributed by atoms with Crippen molar-refractivity contribution < 1.29 is 4.74 Å². The molecule has 0 spiro atoms. The molecule has 0 aliphatic rings. The van der Waals surface area contributed by atoms with Crippen LogP contribution in [-0.2, 0) is 0 Å². The van der Waals surface area contributed by atoms with Gasteiger partial charge in [-0.1, -0.05) is 22.0 Å². The second-order valence-electron chi connectivity index (χ2n) is 2.80. The molecule has 0 heterocycles. The molecule has 0 aromatic heterocycles. The lowest BCUT2D eigenvalue weighted by molar-refractivity contribution is 0.337. The maximum absolute atomic E-state index is 5.44. The molecule has 0 bridgehead atoms. The van der Waals surface area contributed by atoms with E-state index in [1.807, 2.05) is 13.0 Å². The molecule has 66 valence electrons. The van der Waals surface area contributed by atoms with E-state index in [9.17, 15) is 0 Å². The van der Waals surface area contributed by atoms with E-state index in [0.29, 0.717) is 0 Å². The molecule has 12 heavy (non-hydrogen) atoms. The van der Waals surface area contributed by atoms with E-state index in [1.54, 1.807) is 0 Å². The molecule has 0 aliphatic heterocycles. The summed E-state index contributed by atoms with van der Waals surface area (Å²) < 4.78 is 6.55. The minimum Gasteiger partial charge on any atom is -0.494 e. The fraction of sp³-hybridized carbons (Fsp3) is 0.400. The SMILES string of the molecule is CCOc1cc(Br)c(C)cc1C. The average molecular weight is 229 g/mol. The summed E-state index contributed by atoms with van der Waals surface area (Å²) in [6.45, 7) is 6.85. The number of halogens is 1. The quantitative estimate of drug-likeness (QED) is 0.754. The monoisotopic (exact) mass is 228 g/mol. The Morgan fingerprint density at radius 3 is 2.50 bits per heavy atom. The first kappa shape index (κ1) is 9.59. The lowest BCUT2D eigenvalue weighted by Gasteiger charge is -2.08. The fourth-order valence-corrected chi connectivity index (χ4v) is 1.44. The summed E-state index contributed by atoms with van der Waals surface area (Å²) in [6.07, 6.45) is 0. The molecule has 1 rings (SSSR count). The number of hydrogen-bond donors (Lipinski definition) is 0. The zero-order valence-electron chi connectivity index (χ0n) is 7.65. The van der Waals surface area contributed by atoms with Gasteiger partial charge in [0.15, 0.2) is 0 Å². The van der Waals surface area contributed by atoms with Gasteiger partial charge >= 0.3 is 0 Å². The van der Waals surface area contributed by atoms with Gasteiger partial charge in [0, 0.05) is 4.47 Å². The largest absolute Gasteiger partial charge is 0.494 e. The first-order chi connectivity index (χ1) is 5.65. The van der Waals surface area contributed by atoms with E-state index in [4.69, 9.17) is 4.74 Å². The molecule has 0 saturated heterocycles.